The van der Waals surface area contributed by atoms with Crippen molar-refractivity contribution >= 4 is 24.0 Å². The van der Waals surface area contributed by atoms with Gasteiger partial charge in [0.05, 0.1) is 0 Å². The number of carbonyl (C=O) groups is 1. The molecule has 106 valence electrons. The second kappa shape index (κ2) is 6.82. The SMILES string of the molecule is C[C@H]1C[C@@H](C(=O)Nc2cc(F)cc(F)c2)CCN1.Cl. The summed E-state index contributed by atoms with van der Waals surface area (Å²) in [5.74, 6) is -1.66. The quantitative estimate of drug-likeness (QED) is 0.879. The zero-order chi connectivity index (χ0) is 13.1. The molecule has 19 heavy (non-hydrogen) atoms. The van der Waals surface area contributed by atoms with Crippen LogP contribution in [-0.4, -0.2) is 18.5 Å². The summed E-state index contributed by atoms with van der Waals surface area (Å²) in [7, 11) is 0. The van der Waals surface area contributed by atoms with E-state index in [4.69, 9.17) is 0 Å². The lowest BCUT2D eigenvalue weighted by Gasteiger charge is -2.27. The van der Waals surface area contributed by atoms with Crippen molar-refractivity contribution in [2.45, 2.75) is 25.8 Å². The Morgan fingerprint density at radius 1 is 1.32 bits per heavy atom. The molecule has 0 aromatic heterocycles. The van der Waals surface area contributed by atoms with Crippen molar-refractivity contribution in [3.05, 3.63) is 29.8 Å². The average molecular weight is 291 g/mol. The van der Waals surface area contributed by atoms with Crippen LogP contribution in [0.4, 0.5) is 14.5 Å². The molecule has 1 aromatic carbocycles. The monoisotopic (exact) mass is 290 g/mol. The molecule has 0 unspecified atom stereocenters. The zero-order valence-corrected chi connectivity index (χ0v) is 11.4. The van der Waals surface area contributed by atoms with Crippen LogP contribution in [0.25, 0.3) is 0 Å². The number of halogens is 3. The van der Waals surface area contributed by atoms with Gasteiger partial charge in [-0.3, -0.25) is 4.79 Å². The highest BCUT2D eigenvalue weighted by molar-refractivity contribution is 5.92. The van der Waals surface area contributed by atoms with Gasteiger partial charge in [0.15, 0.2) is 0 Å². The van der Waals surface area contributed by atoms with Crippen LogP contribution in [0.5, 0.6) is 0 Å². The van der Waals surface area contributed by atoms with E-state index < -0.39 is 11.6 Å². The van der Waals surface area contributed by atoms with Crippen LogP contribution in [0.15, 0.2) is 18.2 Å². The minimum Gasteiger partial charge on any atom is -0.326 e. The molecular formula is C13H17ClF2N2O. The summed E-state index contributed by atoms with van der Waals surface area (Å²) in [4.78, 5) is 12.0. The molecule has 0 radical (unpaired) electrons. The Bertz CT molecular complexity index is 436. The molecule has 0 spiro atoms. The fourth-order valence-electron chi connectivity index (χ4n) is 2.24. The van der Waals surface area contributed by atoms with Gasteiger partial charge in [-0.15, -0.1) is 12.4 Å². The molecular weight excluding hydrogens is 274 g/mol. The predicted octanol–water partition coefficient (Wildman–Crippen LogP) is 2.71. The number of benzene rings is 1. The first kappa shape index (κ1) is 15.9. The van der Waals surface area contributed by atoms with E-state index in [0.717, 1.165) is 37.6 Å². The van der Waals surface area contributed by atoms with Gasteiger partial charge < -0.3 is 10.6 Å². The van der Waals surface area contributed by atoms with E-state index in [9.17, 15) is 13.6 Å². The van der Waals surface area contributed by atoms with Crippen LogP contribution < -0.4 is 10.6 Å². The van der Waals surface area contributed by atoms with Crippen molar-refractivity contribution in [2.24, 2.45) is 5.92 Å². The summed E-state index contributed by atoms with van der Waals surface area (Å²) < 4.78 is 26.0. The number of piperidine rings is 1. The molecule has 1 aliphatic heterocycles. The van der Waals surface area contributed by atoms with E-state index in [-0.39, 0.29) is 29.9 Å². The first-order chi connectivity index (χ1) is 8.54. The van der Waals surface area contributed by atoms with Crippen LogP contribution in [0.1, 0.15) is 19.8 Å². The van der Waals surface area contributed by atoms with E-state index in [0.29, 0.717) is 6.04 Å². The Hall–Kier alpha value is -1.20. The molecule has 6 heteroatoms. The van der Waals surface area contributed by atoms with Gasteiger partial charge in [0.2, 0.25) is 5.91 Å². The van der Waals surface area contributed by atoms with Gasteiger partial charge in [-0.1, -0.05) is 0 Å². The van der Waals surface area contributed by atoms with E-state index in [1.165, 1.54) is 0 Å². The molecule has 1 fully saturated rings. The number of anilines is 1. The third-order valence-corrected chi connectivity index (χ3v) is 3.12. The van der Waals surface area contributed by atoms with Crippen LogP contribution >= 0.6 is 12.4 Å². The largest absolute Gasteiger partial charge is 0.326 e. The van der Waals surface area contributed by atoms with Gasteiger partial charge in [0, 0.05) is 23.7 Å². The molecule has 1 amide bonds. The zero-order valence-electron chi connectivity index (χ0n) is 10.6. The number of rotatable bonds is 2. The molecule has 3 nitrogen and oxygen atoms in total. The van der Waals surface area contributed by atoms with Crippen molar-refractivity contribution in [3.63, 3.8) is 0 Å². The number of carbonyl (C=O) groups excluding carboxylic acids is 1. The van der Waals surface area contributed by atoms with Crippen LogP contribution in [0.2, 0.25) is 0 Å². The maximum absolute atomic E-state index is 13.0. The van der Waals surface area contributed by atoms with E-state index >= 15 is 0 Å². The van der Waals surface area contributed by atoms with Crippen molar-refractivity contribution in [2.75, 3.05) is 11.9 Å². The van der Waals surface area contributed by atoms with Crippen molar-refractivity contribution in [3.8, 4) is 0 Å². The minimum absolute atomic E-state index is 0. The van der Waals surface area contributed by atoms with Crippen molar-refractivity contribution in [1.29, 1.82) is 0 Å². The summed E-state index contributed by atoms with van der Waals surface area (Å²) in [5.41, 5.74) is 0.170. The van der Waals surface area contributed by atoms with Gasteiger partial charge >= 0.3 is 0 Å². The number of hydrogen-bond acceptors (Lipinski definition) is 2. The summed E-state index contributed by atoms with van der Waals surface area (Å²) in [6.07, 6.45) is 1.48. The molecule has 0 aliphatic carbocycles. The molecule has 1 saturated heterocycles. The fourth-order valence-corrected chi connectivity index (χ4v) is 2.24. The maximum Gasteiger partial charge on any atom is 0.227 e. The fraction of sp³-hybridized carbons (Fsp3) is 0.462. The number of hydrogen-bond donors (Lipinski definition) is 2. The molecule has 0 saturated carbocycles. The minimum atomic E-state index is -0.691. The highest BCUT2D eigenvalue weighted by atomic mass is 35.5. The van der Waals surface area contributed by atoms with Crippen molar-refractivity contribution in [1.82, 2.24) is 5.32 Å². The number of amides is 1. The average Bonchev–Trinajstić information content (AvgIpc) is 2.27. The molecule has 2 rings (SSSR count). The summed E-state index contributed by atoms with van der Waals surface area (Å²) in [5, 5.41) is 5.82. The summed E-state index contributed by atoms with van der Waals surface area (Å²) in [6, 6.07) is 3.30. The lowest BCUT2D eigenvalue weighted by Crippen LogP contribution is -2.40. The smallest absolute Gasteiger partial charge is 0.227 e. The van der Waals surface area contributed by atoms with Crippen molar-refractivity contribution < 1.29 is 13.6 Å². The van der Waals surface area contributed by atoms with Gasteiger partial charge in [0.25, 0.3) is 0 Å². The van der Waals surface area contributed by atoms with Gasteiger partial charge in [-0.05, 0) is 38.4 Å². The first-order valence-corrected chi connectivity index (χ1v) is 6.05. The van der Waals surface area contributed by atoms with Gasteiger partial charge in [-0.2, -0.15) is 0 Å². The molecule has 1 heterocycles. The highest BCUT2D eigenvalue weighted by Gasteiger charge is 2.24. The molecule has 1 aromatic rings. The van der Waals surface area contributed by atoms with E-state index in [2.05, 4.69) is 10.6 Å². The maximum atomic E-state index is 13.0. The molecule has 2 N–H and O–H groups in total. The first-order valence-electron chi connectivity index (χ1n) is 6.05. The van der Waals surface area contributed by atoms with Crippen LogP contribution in [0, 0.1) is 17.6 Å². The van der Waals surface area contributed by atoms with Gasteiger partial charge in [0.1, 0.15) is 11.6 Å². The summed E-state index contributed by atoms with van der Waals surface area (Å²) >= 11 is 0. The third-order valence-electron chi connectivity index (χ3n) is 3.12. The Morgan fingerprint density at radius 3 is 2.53 bits per heavy atom. The number of nitrogens with one attached hydrogen (secondary N) is 2. The Labute approximate surface area is 117 Å². The molecule has 0 bridgehead atoms. The Kier molecular flexibility index (Phi) is 5.69. The van der Waals surface area contributed by atoms with E-state index in [1.54, 1.807) is 0 Å². The lowest BCUT2D eigenvalue weighted by atomic mass is 9.92. The second-order valence-corrected chi connectivity index (χ2v) is 4.72. The van der Waals surface area contributed by atoms with Crippen LogP contribution in [0.3, 0.4) is 0 Å². The Balaban J connectivity index is 0.00000180. The lowest BCUT2D eigenvalue weighted by molar-refractivity contribution is -0.120. The third kappa shape index (κ3) is 4.44. The summed E-state index contributed by atoms with van der Waals surface area (Å²) in [6.45, 7) is 2.80. The standard InChI is InChI=1S/C13H16F2N2O.ClH/c1-8-4-9(2-3-16-8)13(18)17-12-6-10(14)5-11(15)7-12;/h5-9,16H,2-4H2,1H3,(H,17,18);1H/t8-,9-;/m0./s1. The molecule has 1 aliphatic rings. The molecule has 2 atom stereocenters. The van der Waals surface area contributed by atoms with E-state index in [1.807, 2.05) is 6.92 Å². The normalized spacial score (nSPS) is 22.5. The topological polar surface area (TPSA) is 41.1 Å². The second-order valence-electron chi connectivity index (χ2n) is 4.72. The highest BCUT2D eigenvalue weighted by Crippen LogP contribution is 2.19. The Morgan fingerprint density at radius 2 is 1.95 bits per heavy atom. The van der Waals surface area contributed by atoms with Gasteiger partial charge in [-0.25, -0.2) is 8.78 Å². The predicted molar refractivity (Wildman–Crippen MR) is 72.4 cm³/mol. The van der Waals surface area contributed by atoms with Crippen LogP contribution in [-0.2, 0) is 4.79 Å².